The van der Waals surface area contributed by atoms with Gasteiger partial charge in [0, 0.05) is 0 Å². The number of hydrogen-bond donors (Lipinski definition) is 1. The highest BCUT2D eigenvalue weighted by Crippen LogP contribution is 2.08. The lowest BCUT2D eigenvalue weighted by molar-refractivity contribution is -0.132. The molecule has 0 rings (SSSR count). The Morgan fingerprint density at radius 3 is 2.17 bits per heavy atom. The SMILES string of the molecule is C=C(/C=C\C(=C)C(C)C)C(=O)O. The average molecular weight is 166 g/mol. The van der Waals surface area contributed by atoms with E-state index in [1.807, 2.05) is 13.8 Å². The predicted molar refractivity (Wildman–Crippen MR) is 49.9 cm³/mol. The Hall–Kier alpha value is -1.31. The van der Waals surface area contributed by atoms with Gasteiger partial charge in [-0.15, -0.1) is 0 Å². The monoisotopic (exact) mass is 166 g/mol. The minimum Gasteiger partial charge on any atom is -0.478 e. The zero-order chi connectivity index (χ0) is 9.72. The van der Waals surface area contributed by atoms with Gasteiger partial charge in [-0.2, -0.15) is 0 Å². The Labute approximate surface area is 72.9 Å². The van der Waals surface area contributed by atoms with Crippen LogP contribution in [0, 0.1) is 5.92 Å². The van der Waals surface area contributed by atoms with Crippen molar-refractivity contribution >= 4 is 5.97 Å². The summed E-state index contributed by atoms with van der Waals surface area (Å²) in [6.45, 7) is 11.1. The molecule has 2 nitrogen and oxygen atoms in total. The molecule has 0 unspecified atom stereocenters. The van der Waals surface area contributed by atoms with Crippen molar-refractivity contribution in [1.82, 2.24) is 0 Å². The smallest absolute Gasteiger partial charge is 0.335 e. The Balaban J connectivity index is 4.17. The van der Waals surface area contributed by atoms with Gasteiger partial charge in [-0.25, -0.2) is 4.79 Å². The highest BCUT2D eigenvalue weighted by molar-refractivity contribution is 5.89. The summed E-state index contributed by atoms with van der Waals surface area (Å²) in [5.74, 6) is -0.661. The van der Waals surface area contributed by atoms with Gasteiger partial charge >= 0.3 is 5.97 Å². The quantitative estimate of drug-likeness (QED) is 0.514. The van der Waals surface area contributed by atoms with E-state index in [2.05, 4.69) is 13.2 Å². The van der Waals surface area contributed by atoms with E-state index >= 15 is 0 Å². The molecule has 0 atom stereocenters. The highest BCUT2D eigenvalue weighted by atomic mass is 16.4. The summed E-state index contributed by atoms with van der Waals surface area (Å²) < 4.78 is 0. The third kappa shape index (κ3) is 3.76. The van der Waals surface area contributed by atoms with Crippen molar-refractivity contribution in [3.8, 4) is 0 Å². The lowest BCUT2D eigenvalue weighted by Gasteiger charge is -2.01. The molecule has 0 bridgehead atoms. The number of carboxylic acids is 1. The first-order valence-corrected chi connectivity index (χ1v) is 3.74. The Bertz CT molecular complexity index is 234. The van der Waals surface area contributed by atoms with Gasteiger partial charge in [0.05, 0.1) is 5.57 Å². The molecule has 2 heteroatoms. The van der Waals surface area contributed by atoms with E-state index in [1.165, 1.54) is 6.08 Å². The number of aliphatic carboxylic acids is 1. The minimum absolute atomic E-state index is 0.0804. The van der Waals surface area contributed by atoms with E-state index in [4.69, 9.17) is 5.11 Å². The number of allylic oxidation sites excluding steroid dienone is 2. The summed E-state index contributed by atoms with van der Waals surface area (Å²) in [6, 6.07) is 0. The standard InChI is InChI=1S/C10H14O2/c1-7(2)8(3)5-6-9(4)10(11)12/h5-7H,3-4H2,1-2H3,(H,11,12)/b6-5-. The Morgan fingerprint density at radius 1 is 1.33 bits per heavy atom. The van der Waals surface area contributed by atoms with Crippen LogP contribution in [0.2, 0.25) is 0 Å². The van der Waals surface area contributed by atoms with Gasteiger partial charge in [0.15, 0.2) is 0 Å². The summed E-state index contributed by atoms with van der Waals surface area (Å²) in [6.07, 6.45) is 3.14. The second-order valence-electron chi connectivity index (χ2n) is 2.89. The van der Waals surface area contributed by atoms with Crippen LogP contribution in [0.5, 0.6) is 0 Å². The molecular weight excluding hydrogens is 152 g/mol. The molecule has 1 N–H and O–H groups in total. The van der Waals surface area contributed by atoms with Crippen LogP contribution in [-0.4, -0.2) is 11.1 Å². The molecule has 0 amide bonds. The van der Waals surface area contributed by atoms with Gasteiger partial charge < -0.3 is 5.11 Å². The Kier molecular flexibility index (Phi) is 4.05. The second kappa shape index (κ2) is 4.54. The fourth-order valence-corrected chi connectivity index (χ4v) is 0.471. The molecule has 0 radical (unpaired) electrons. The number of hydrogen-bond acceptors (Lipinski definition) is 1. The molecule has 0 saturated heterocycles. The second-order valence-corrected chi connectivity index (χ2v) is 2.89. The first kappa shape index (κ1) is 10.7. The fourth-order valence-electron chi connectivity index (χ4n) is 0.471. The predicted octanol–water partition coefficient (Wildman–Crippen LogP) is 2.40. The average Bonchev–Trinajstić information content (AvgIpc) is 1.98. The van der Waals surface area contributed by atoms with Crippen LogP contribution >= 0.6 is 0 Å². The van der Waals surface area contributed by atoms with Crippen molar-refractivity contribution in [2.75, 3.05) is 0 Å². The van der Waals surface area contributed by atoms with Crippen molar-refractivity contribution < 1.29 is 9.90 Å². The van der Waals surface area contributed by atoms with Gasteiger partial charge in [-0.3, -0.25) is 0 Å². The molecule has 0 heterocycles. The third-order valence-electron chi connectivity index (χ3n) is 1.51. The maximum absolute atomic E-state index is 10.3. The molecule has 0 fully saturated rings. The molecule has 0 saturated carbocycles. The molecule has 0 aromatic carbocycles. The first-order valence-electron chi connectivity index (χ1n) is 3.74. The van der Waals surface area contributed by atoms with Gasteiger partial charge in [-0.1, -0.05) is 38.7 Å². The van der Waals surface area contributed by atoms with Crippen LogP contribution in [0.15, 0.2) is 36.5 Å². The van der Waals surface area contributed by atoms with Crippen LogP contribution in [0.3, 0.4) is 0 Å². The summed E-state index contributed by atoms with van der Waals surface area (Å²) in [7, 11) is 0. The van der Waals surface area contributed by atoms with Crippen molar-refractivity contribution in [1.29, 1.82) is 0 Å². The summed E-state index contributed by atoms with van der Waals surface area (Å²) in [5, 5.41) is 8.45. The van der Waals surface area contributed by atoms with Crippen LogP contribution in [0.4, 0.5) is 0 Å². The fraction of sp³-hybridized carbons (Fsp3) is 0.300. The summed E-state index contributed by atoms with van der Waals surface area (Å²) in [5.41, 5.74) is 0.981. The minimum atomic E-state index is -0.997. The molecule has 0 spiro atoms. The highest BCUT2D eigenvalue weighted by Gasteiger charge is 1.99. The zero-order valence-corrected chi connectivity index (χ0v) is 7.50. The van der Waals surface area contributed by atoms with Gasteiger partial charge in [0.1, 0.15) is 0 Å². The van der Waals surface area contributed by atoms with E-state index in [-0.39, 0.29) is 5.57 Å². The molecule has 0 aliphatic carbocycles. The van der Waals surface area contributed by atoms with Crippen LogP contribution < -0.4 is 0 Å². The summed E-state index contributed by atoms with van der Waals surface area (Å²) >= 11 is 0. The first-order chi connectivity index (χ1) is 5.45. The topological polar surface area (TPSA) is 37.3 Å². The molecule has 0 aromatic heterocycles. The van der Waals surface area contributed by atoms with Gasteiger partial charge in [0.2, 0.25) is 0 Å². The Morgan fingerprint density at radius 2 is 1.83 bits per heavy atom. The van der Waals surface area contributed by atoms with Crippen molar-refractivity contribution in [2.45, 2.75) is 13.8 Å². The lowest BCUT2D eigenvalue weighted by atomic mass is 10.0. The normalized spacial score (nSPS) is 10.6. The van der Waals surface area contributed by atoms with Crippen molar-refractivity contribution in [2.24, 2.45) is 5.92 Å². The van der Waals surface area contributed by atoms with E-state index < -0.39 is 5.97 Å². The van der Waals surface area contributed by atoms with E-state index in [9.17, 15) is 4.79 Å². The lowest BCUT2D eigenvalue weighted by Crippen LogP contribution is -1.96. The summed E-state index contributed by atoms with van der Waals surface area (Å²) in [4.78, 5) is 10.3. The van der Waals surface area contributed by atoms with Crippen LogP contribution in [0.25, 0.3) is 0 Å². The maximum atomic E-state index is 10.3. The van der Waals surface area contributed by atoms with E-state index in [0.717, 1.165) is 5.57 Å². The molecule has 12 heavy (non-hydrogen) atoms. The number of carboxylic acid groups (broad SMARTS) is 1. The molecule has 0 aliphatic rings. The zero-order valence-electron chi connectivity index (χ0n) is 7.50. The van der Waals surface area contributed by atoms with Crippen LogP contribution in [-0.2, 0) is 4.79 Å². The van der Waals surface area contributed by atoms with Crippen LogP contribution in [0.1, 0.15) is 13.8 Å². The largest absolute Gasteiger partial charge is 0.478 e. The number of carbonyl (C=O) groups is 1. The molecular formula is C10H14O2. The van der Waals surface area contributed by atoms with E-state index in [1.54, 1.807) is 6.08 Å². The third-order valence-corrected chi connectivity index (χ3v) is 1.51. The van der Waals surface area contributed by atoms with Gasteiger partial charge in [0.25, 0.3) is 0 Å². The molecule has 0 aromatic rings. The maximum Gasteiger partial charge on any atom is 0.335 e. The van der Waals surface area contributed by atoms with Crippen molar-refractivity contribution in [3.63, 3.8) is 0 Å². The molecule has 66 valence electrons. The van der Waals surface area contributed by atoms with Crippen molar-refractivity contribution in [3.05, 3.63) is 36.5 Å². The van der Waals surface area contributed by atoms with E-state index in [0.29, 0.717) is 5.92 Å². The number of rotatable bonds is 4. The molecule has 0 aliphatic heterocycles. The van der Waals surface area contributed by atoms with Gasteiger partial charge in [-0.05, 0) is 12.0 Å².